The van der Waals surface area contributed by atoms with Gasteiger partial charge >= 0.3 is 0 Å². The van der Waals surface area contributed by atoms with Crippen molar-refractivity contribution in [3.63, 3.8) is 0 Å². The highest BCUT2D eigenvalue weighted by molar-refractivity contribution is 5.23. The summed E-state index contributed by atoms with van der Waals surface area (Å²) in [5, 5.41) is 0. The van der Waals surface area contributed by atoms with Crippen LogP contribution in [0.1, 0.15) is 32.0 Å². The van der Waals surface area contributed by atoms with Gasteiger partial charge in [0.15, 0.2) is 0 Å². The van der Waals surface area contributed by atoms with Crippen LogP contribution in [-0.4, -0.2) is 22.0 Å². The van der Waals surface area contributed by atoms with E-state index in [0.29, 0.717) is 5.54 Å². The molecule has 72 valence electrons. The number of hydrogen-bond acceptors (Lipinski definition) is 1. The number of aromatic amines is 1. The lowest BCUT2D eigenvalue weighted by atomic mass is 10.00. The summed E-state index contributed by atoms with van der Waals surface area (Å²) < 4.78 is 0. The summed E-state index contributed by atoms with van der Waals surface area (Å²) in [6, 6.07) is 2.20. The second kappa shape index (κ2) is 2.88. The smallest absolute Gasteiger partial charge is 0.0393 e. The molecule has 1 aliphatic rings. The van der Waals surface area contributed by atoms with Gasteiger partial charge in [-0.2, -0.15) is 0 Å². The van der Waals surface area contributed by atoms with E-state index in [0.717, 1.165) is 6.54 Å². The van der Waals surface area contributed by atoms with E-state index in [2.05, 4.69) is 42.9 Å². The molecule has 0 unspecified atom stereocenters. The maximum atomic E-state index is 3.32. The summed E-state index contributed by atoms with van der Waals surface area (Å²) >= 11 is 0. The molecule has 13 heavy (non-hydrogen) atoms. The van der Waals surface area contributed by atoms with E-state index in [4.69, 9.17) is 0 Å². The standard InChI is InChI=1S/C11H18N2/c1-11(2,3)13-7-5-9-4-6-12-10(9)8-13/h4,6,12H,5,7-8H2,1-3H3. The van der Waals surface area contributed by atoms with Crippen molar-refractivity contribution in [3.05, 3.63) is 23.5 Å². The second-order valence-corrected chi connectivity index (χ2v) is 4.82. The minimum Gasteiger partial charge on any atom is -0.364 e. The molecule has 0 fully saturated rings. The Kier molecular flexibility index (Phi) is 1.95. The topological polar surface area (TPSA) is 19.0 Å². The molecule has 0 amide bonds. The highest BCUT2D eigenvalue weighted by Crippen LogP contribution is 2.23. The summed E-state index contributed by atoms with van der Waals surface area (Å²) in [6.45, 7) is 9.10. The van der Waals surface area contributed by atoms with Crippen molar-refractivity contribution in [1.29, 1.82) is 0 Å². The lowest BCUT2D eigenvalue weighted by molar-refractivity contribution is 0.119. The minimum absolute atomic E-state index is 0.294. The third-order valence-corrected chi connectivity index (χ3v) is 2.88. The maximum absolute atomic E-state index is 3.32. The van der Waals surface area contributed by atoms with Gasteiger partial charge in [0.2, 0.25) is 0 Å². The van der Waals surface area contributed by atoms with Crippen molar-refractivity contribution in [2.24, 2.45) is 0 Å². The third kappa shape index (κ3) is 1.63. The van der Waals surface area contributed by atoms with Gasteiger partial charge < -0.3 is 4.98 Å². The Morgan fingerprint density at radius 2 is 2.15 bits per heavy atom. The van der Waals surface area contributed by atoms with Crippen LogP contribution >= 0.6 is 0 Å². The van der Waals surface area contributed by atoms with E-state index in [-0.39, 0.29) is 0 Å². The van der Waals surface area contributed by atoms with Gasteiger partial charge in [0.1, 0.15) is 0 Å². The van der Waals surface area contributed by atoms with Crippen molar-refractivity contribution < 1.29 is 0 Å². The summed E-state index contributed by atoms with van der Waals surface area (Å²) in [5.74, 6) is 0. The van der Waals surface area contributed by atoms with Gasteiger partial charge in [-0.1, -0.05) is 0 Å². The minimum atomic E-state index is 0.294. The molecule has 1 aliphatic heterocycles. The van der Waals surface area contributed by atoms with Gasteiger partial charge in [0.05, 0.1) is 0 Å². The first-order valence-corrected chi connectivity index (χ1v) is 4.97. The molecular weight excluding hydrogens is 160 g/mol. The van der Waals surface area contributed by atoms with Crippen molar-refractivity contribution in [2.45, 2.75) is 39.3 Å². The number of aromatic nitrogens is 1. The molecule has 2 rings (SSSR count). The molecular formula is C11H18N2. The van der Waals surface area contributed by atoms with Gasteiger partial charge in [0.25, 0.3) is 0 Å². The fourth-order valence-electron chi connectivity index (χ4n) is 1.92. The Labute approximate surface area is 79.9 Å². The van der Waals surface area contributed by atoms with E-state index in [1.165, 1.54) is 24.2 Å². The molecule has 0 bridgehead atoms. The van der Waals surface area contributed by atoms with Gasteiger partial charge in [-0.05, 0) is 38.8 Å². The average molecular weight is 178 g/mol. The zero-order valence-corrected chi connectivity index (χ0v) is 8.72. The molecule has 2 heteroatoms. The Hall–Kier alpha value is -0.760. The fraction of sp³-hybridized carbons (Fsp3) is 0.636. The van der Waals surface area contributed by atoms with Crippen LogP contribution in [0.15, 0.2) is 12.3 Å². The summed E-state index contributed by atoms with van der Waals surface area (Å²) in [6.07, 6.45) is 3.24. The predicted octanol–water partition coefficient (Wildman–Crippen LogP) is 2.17. The monoisotopic (exact) mass is 178 g/mol. The third-order valence-electron chi connectivity index (χ3n) is 2.88. The van der Waals surface area contributed by atoms with Gasteiger partial charge in [-0.3, -0.25) is 4.90 Å². The Morgan fingerprint density at radius 3 is 2.85 bits per heavy atom. The van der Waals surface area contributed by atoms with Crippen LogP contribution in [0.4, 0.5) is 0 Å². The van der Waals surface area contributed by atoms with Gasteiger partial charge in [0, 0.05) is 30.5 Å². The summed E-state index contributed by atoms with van der Waals surface area (Å²) in [4.78, 5) is 5.84. The van der Waals surface area contributed by atoms with Crippen LogP contribution in [0, 0.1) is 0 Å². The average Bonchev–Trinajstić information content (AvgIpc) is 2.47. The molecule has 0 aliphatic carbocycles. The number of fused-ring (bicyclic) bond motifs is 1. The molecule has 1 aromatic rings. The first kappa shape index (κ1) is 8.82. The van der Waals surface area contributed by atoms with Crippen molar-refractivity contribution in [3.8, 4) is 0 Å². The second-order valence-electron chi connectivity index (χ2n) is 4.82. The molecule has 2 nitrogen and oxygen atoms in total. The van der Waals surface area contributed by atoms with E-state index in [1.807, 2.05) is 0 Å². The lowest BCUT2D eigenvalue weighted by Crippen LogP contribution is -2.44. The molecule has 0 saturated carbocycles. The zero-order chi connectivity index (χ0) is 9.47. The SMILES string of the molecule is CC(C)(C)N1CCc2cc[nH]c2C1. The van der Waals surface area contributed by atoms with Crippen LogP contribution < -0.4 is 0 Å². The fourth-order valence-corrected chi connectivity index (χ4v) is 1.92. The van der Waals surface area contributed by atoms with E-state index in [9.17, 15) is 0 Å². The number of nitrogens with one attached hydrogen (secondary N) is 1. The summed E-state index contributed by atoms with van der Waals surface area (Å²) in [7, 11) is 0. The molecule has 0 saturated heterocycles. The normalized spacial score (nSPS) is 18.7. The number of H-pyrrole nitrogens is 1. The molecule has 1 N–H and O–H groups in total. The first-order chi connectivity index (χ1) is 6.07. The van der Waals surface area contributed by atoms with Crippen LogP contribution in [0.3, 0.4) is 0 Å². The number of hydrogen-bond donors (Lipinski definition) is 1. The van der Waals surface area contributed by atoms with Gasteiger partial charge in [-0.15, -0.1) is 0 Å². The Balaban J connectivity index is 2.18. The lowest BCUT2D eigenvalue weighted by Gasteiger charge is -2.38. The van der Waals surface area contributed by atoms with Crippen molar-refractivity contribution in [1.82, 2.24) is 9.88 Å². The number of rotatable bonds is 0. The molecule has 0 aromatic carbocycles. The van der Waals surface area contributed by atoms with Crippen LogP contribution in [0.2, 0.25) is 0 Å². The molecule has 0 radical (unpaired) electrons. The Bertz CT molecular complexity index is 293. The van der Waals surface area contributed by atoms with E-state index in [1.54, 1.807) is 0 Å². The van der Waals surface area contributed by atoms with Crippen LogP contribution in [0.5, 0.6) is 0 Å². The zero-order valence-electron chi connectivity index (χ0n) is 8.72. The van der Waals surface area contributed by atoms with Gasteiger partial charge in [-0.25, -0.2) is 0 Å². The molecule has 1 aromatic heterocycles. The summed E-state index contributed by atoms with van der Waals surface area (Å²) in [5.41, 5.74) is 3.20. The van der Waals surface area contributed by atoms with Crippen LogP contribution in [0.25, 0.3) is 0 Å². The molecule has 0 spiro atoms. The predicted molar refractivity (Wildman–Crippen MR) is 54.7 cm³/mol. The molecule has 2 heterocycles. The Morgan fingerprint density at radius 1 is 1.38 bits per heavy atom. The highest BCUT2D eigenvalue weighted by atomic mass is 15.2. The largest absolute Gasteiger partial charge is 0.364 e. The maximum Gasteiger partial charge on any atom is 0.0393 e. The van der Waals surface area contributed by atoms with Crippen molar-refractivity contribution >= 4 is 0 Å². The van der Waals surface area contributed by atoms with E-state index >= 15 is 0 Å². The van der Waals surface area contributed by atoms with Crippen LogP contribution in [-0.2, 0) is 13.0 Å². The highest BCUT2D eigenvalue weighted by Gasteiger charge is 2.25. The first-order valence-electron chi connectivity index (χ1n) is 4.97. The molecule has 0 atom stereocenters. The van der Waals surface area contributed by atoms with Crippen molar-refractivity contribution in [2.75, 3.05) is 6.54 Å². The quantitative estimate of drug-likeness (QED) is 0.645. The van der Waals surface area contributed by atoms with E-state index < -0.39 is 0 Å². The number of nitrogens with zero attached hydrogens (tertiary/aromatic N) is 1.